The lowest BCUT2D eigenvalue weighted by Gasteiger charge is -2.21. The normalized spacial score (nSPS) is 12.5. The molecule has 0 atom stereocenters. The molecule has 15 heavy (non-hydrogen) atoms. The van der Waals surface area contributed by atoms with Crippen LogP contribution in [-0.2, 0) is 6.61 Å². The number of rotatable bonds is 0. The topological polar surface area (TPSA) is 35.2 Å². The van der Waals surface area contributed by atoms with E-state index in [0.29, 0.717) is 6.61 Å². The SMILES string of the molecule is Nc1cccc2c1-c1ccccc1OC2. The quantitative estimate of drug-likeness (QED) is 0.659. The van der Waals surface area contributed by atoms with Gasteiger partial charge >= 0.3 is 0 Å². The van der Waals surface area contributed by atoms with Crippen molar-refractivity contribution in [1.82, 2.24) is 0 Å². The first kappa shape index (κ1) is 8.36. The minimum atomic E-state index is 0.609. The standard InChI is InChI=1S/C13H11NO/c14-11-6-3-4-9-8-15-12-7-2-1-5-10(12)13(9)11/h1-7H,8,14H2. The molecule has 0 spiro atoms. The minimum Gasteiger partial charge on any atom is -0.488 e. The van der Waals surface area contributed by atoms with Crippen LogP contribution in [0.4, 0.5) is 5.69 Å². The van der Waals surface area contributed by atoms with E-state index in [0.717, 1.165) is 28.1 Å². The van der Waals surface area contributed by atoms with Gasteiger partial charge in [-0.1, -0.05) is 30.3 Å². The highest BCUT2D eigenvalue weighted by Crippen LogP contribution is 2.40. The van der Waals surface area contributed by atoms with Crippen LogP contribution in [-0.4, -0.2) is 0 Å². The summed E-state index contributed by atoms with van der Waals surface area (Å²) < 4.78 is 5.65. The summed E-state index contributed by atoms with van der Waals surface area (Å²) in [7, 11) is 0. The van der Waals surface area contributed by atoms with E-state index in [9.17, 15) is 0 Å². The maximum Gasteiger partial charge on any atom is 0.127 e. The molecule has 0 fully saturated rings. The average Bonchev–Trinajstić information content (AvgIpc) is 2.29. The Balaban J connectivity index is 2.33. The van der Waals surface area contributed by atoms with E-state index in [1.54, 1.807) is 0 Å². The van der Waals surface area contributed by atoms with E-state index in [1.807, 2.05) is 36.4 Å². The predicted octanol–water partition coefficient (Wildman–Crippen LogP) is 2.83. The molecule has 1 aliphatic heterocycles. The number of fused-ring (bicyclic) bond motifs is 3. The Morgan fingerprint density at radius 2 is 1.87 bits per heavy atom. The first-order valence-corrected chi connectivity index (χ1v) is 4.96. The number of benzene rings is 2. The zero-order valence-corrected chi connectivity index (χ0v) is 8.23. The van der Waals surface area contributed by atoms with Crippen molar-refractivity contribution in [2.24, 2.45) is 0 Å². The van der Waals surface area contributed by atoms with Gasteiger partial charge in [0.2, 0.25) is 0 Å². The van der Waals surface area contributed by atoms with Crippen molar-refractivity contribution in [3.8, 4) is 16.9 Å². The largest absolute Gasteiger partial charge is 0.488 e. The number of para-hydroxylation sites is 1. The van der Waals surface area contributed by atoms with Crippen LogP contribution in [0, 0.1) is 0 Å². The molecule has 2 aromatic carbocycles. The van der Waals surface area contributed by atoms with Crippen LogP contribution >= 0.6 is 0 Å². The smallest absolute Gasteiger partial charge is 0.127 e. The van der Waals surface area contributed by atoms with E-state index >= 15 is 0 Å². The van der Waals surface area contributed by atoms with Crippen molar-refractivity contribution in [3.05, 3.63) is 48.0 Å². The molecule has 0 saturated heterocycles. The summed E-state index contributed by atoms with van der Waals surface area (Å²) in [5.41, 5.74) is 10.2. The van der Waals surface area contributed by atoms with Gasteiger partial charge in [0.15, 0.2) is 0 Å². The van der Waals surface area contributed by atoms with E-state index in [2.05, 4.69) is 6.07 Å². The third-order valence-corrected chi connectivity index (χ3v) is 2.72. The Labute approximate surface area is 88.3 Å². The maximum absolute atomic E-state index is 6.00. The molecule has 0 bridgehead atoms. The summed E-state index contributed by atoms with van der Waals surface area (Å²) in [6.45, 7) is 0.609. The summed E-state index contributed by atoms with van der Waals surface area (Å²) in [6.07, 6.45) is 0. The molecule has 3 rings (SSSR count). The molecule has 2 aromatic rings. The van der Waals surface area contributed by atoms with Crippen LogP contribution in [0.15, 0.2) is 42.5 Å². The predicted molar refractivity (Wildman–Crippen MR) is 60.6 cm³/mol. The summed E-state index contributed by atoms with van der Waals surface area (Å²) in [5, 5.41) is 0. The fourth-order valence-corrected chi connectivity index (χ4v) is 2.02. The summed E-state index contributed by atoms with van der Waals surface area (Å²) >= 11 is 0. The fraction of sp³-hybridized carbons (Fsp3) is 0.0769. The molecule has 2 nitrogen and oxygen atoms in total. The molecule has 0 aliphatic carbocycles. The second kappa shape index (κ2) is 3.02. The third-order valence-electron chi connectivity index (χ3n) is 2.72. The zero-order chi connectivity index (χ0) is 10.3. The number of nitrogens with two attached hydrogens (primary N) is 1. The Hall–Kier alpha value is -1.96. The molecule has 0 amide bonds. The maximum atomic E-state index is 6.00. The molecular weight excluding hydrogens is 186 g/mol. The van der Waals surface area contributed by atoms with Gasteiger partial charge in [-0.15, -0.1) is 0 Å². The van der Waals surface area contributed by atoms with Gasteiger partial charge in [-0.05, 0) is 17.7 Å². The Bertz CT molecular complexity index is 520. The number of hydrogen-bond acceptors (Lipinski definition) is 2. The zero-order valence-electron chi connectivity index (χ0n) is 8.23. The van der Waals surface area contributed by atoms with Crippen LogP contribution in [0.5, 0.6) is 5.75 Å². The number of anilines is 1. The van der Waals surface area contributed by atoms with Crippen molar-refractivity contribution in [2.45, 2.75) is 6.61 Å². The lowest BCUT2D eigenvalue weighted by atomic mass is 9.95. The molecule has 0 saturated carbocycles. The Kier molecular flexibility index (Phi) is 1.68. The van der Waals surface area contributed by atoms with E-state index in [-0.39, 0.29) is 0 Å². The summed E-state index contributed by atoms with van der Waals surface area (Å²) in [4.78, 5) is 0. The molecule has 1 aliphatic rings. The second-order valence-corrected chi connectivity index (χ2v) is 3.67. The van der Waals surface area contributed by atoms with Crippen molar-refractivity contribution < 1.29 is 4.74 Å². The van der Waals surface area contributed by atoms with Crippen molar-refractivity contribution in [1.29, 1.82) is 0 Å². The van der Waals surface area contributed by atoms with Crippen LogP contribution in [0.2, 0.25) is 0 Å². The first-order valence-electron chi connectivity index (χ1n) is 4.96. The molecule has 2 N–H and O–H groups in total. The van der Waals surface area contributed by atoms with Gasteiger partial charge < -0.3 is 10.5 Å². The van der Waals surface area contributed by atoms with Crippen molar-refractivity contribution in [2.75, 3.05) is 5.73 Å². The van der Waals surface area contributed by atoms with Gasteiger partial charge in [0.05, 0.1) is 0 Å². The number of nitrogen functional groups attached to an aromatic ring is 1. The lowest BCUT2D eigenvalue weighted by molar-refractivity contribution is 0.302. The van der Waals surface area contributed by atoms with Gasteiger partial charge in [-0.25, -0.2) is 0 Å². The molecule has 0 unspecified atom stereocenters. The highest BCUT2D eigenvalue weighted by Gasteiger charge is 2.18. The second-order valence-electron chi connectivity index (χ2n) is 3.67. The molecule has 2 heteroatoms. The van der Waals surface area contributed by atoms with E-state index < -0.39 is 0 Å². The summed E-state index contributed by atoms with van der Waals surface area (Å²) in [5.74, 6) is 0.919. The molecule has 0 aromatic heterocycles. The highest BCUT2D eigenvalue weighted by atomic mass is 16.5. The fourth-order valence-electron chi connectivity index (χ4n) is 2.02. The number of hydrogen-bond donors (Lipinski definition) is 1. The summed E-state index contributed by atoms with van der Waals surface area (Å²) in [6, 6.07) is 14.0. The average molecular weight is 197 g/mol. The number of ether oxygens (including phenoxy) is 1. The molecule has 74 valence electrons. The Morgan fingerprint density at radius 3 is 2.80 bits per heavy atom. The molecular formula is C13H11NO. The molecule has 1 heterocycles. The van der Waals surface area contributed by atoms with Gasteiger partial charge in [0, 0.05) is 16.8 Å². The van der Waals surface area contributed by atoms with Crippen LogP contribution in [0.3, 0.4) is 0 Å². The monoisotopic (exact) mass is 197 g/mol. The van der Waals surface area contributed by atoms with E-state index in [4.69, 9.17) is 10.5 Å². The van der Waals surface area contributed by atoms with E-state index in [1.165, 1.54) is 0 Å². The van der Waals surface area contributed by atoms with Crippen molar-refractivity contribution >= 4 is 5.69 Å². The van der Waals surface area contributed by atoms with Crippen molar-refractivity contribution in [3.63, 3.8) is 0 Å². The van der Waals surface area contributed by atoms with Crippen LogP contribution in [0.1, 0.15) is 5.56 Å². The van der Waals surface area contributed by atoms with Gasteiger partial charge in [-0.3, -0.25) is 0 Å². The van der Waals surface area contributed by atoms with Gasteiger partial charge in [0.1, 0.15) is 12.4 Å². The minimum absolute atomic E-state index is 0.609. The molecule has 0 radical (unpaired) electrons. The first-order chi connectivity index (χ1) is 7.36. The highest BCUT2D eigenvalue weighted by molar-refractivity contribution is 5.84. The van der Waals surface area contributed by atoms with Crippen LogP contribution in [0.25, 0.3) is 11.1 Å². The van der Waals surface area contributed by atoms with Gasteiger partial charge in [0.25, 0.3) is 0 Å². The third kappa shape index (κ3) is 1.18. The van der Waals surface area contributed by atoms with Crippen LogP contribution < -0.4 is 10.5 Å². The van der Waals surface area contributed by atoms with Gasteiger partial charge in [-0.2, -0.15) is 0 Å². The lowest BCUT2D eigenvalue weighted by Crippen LogP contribution is -2.07. The Morgan fingerprint density at radius 1 is 1.00 bits per heavy atom.